The van der Waals surface area contributed by atoms with Crippen molar-refractivity contribution in [3.63, 3.8) is 0 Å². The van der Waals surface area contributed by atoms with E-state index in [1.807, 2.05) is 6.92 Å². The van der Waals surface area contributed by atoms with Gasteiger partial charge in [0, 0.05) is 44.5 Å². The summed E-state index contributed by atoms with van der Waals surface area (Å²) in [7, 11) is 4.19. The second-order valence-corrected chi connectivity index (χ2v) is 6.20. The summed E-state index contributed by atoms with van der Waals surface area (Å²) in [5, 5.41) is 3.35. The molecule has 1 N–H and O–H groups in total. The summed E-state index contributed by atoms with van der Waals surface area (Å²) in [5.41, 5.74) is 1.03. The summed E-state index contributed by atoms with van der Waals surface area (Å²) in [5.74, 6) is 1.81. The standard InChI is InChI=1S/C16H30N6/c1-5-21-9-11-22(12-10-21)15-13-14(2)18-16(19-15)17-7-6-8-20(3)4/h13H,5-12H2,1-4H3,(H,17,18,19). The lowest BCUT2D eigenvalue weighted by Crippen LogP contribution is -2.46. The Morgan fingerprint density at radius 3 is 2.55 bits per heavy atom. The maximum atomic E-state index is 4.70. The Morgan fingerprint density at radius 2 is 1.91 bits per heavy atom. The van der Waals surface area contributed by atoms with Crippen molar-refractivity contribution in [3.8, 4) is 0 Å². The lowest BCUT2D eigenvalue weighted by molar-refractivity contribution is 0.270. The molecule has 0 aliphatic carbocycles. The smallest absolute Gasteiger partial charge is 0.224 e. The largest absolute Gasteiger partial charge is 0.354 e. The van der Waals surface area contributed by atoms with Crippen LogP contribution >= 0.6 is 0 Å². The van der Waals surface area contributed by atoms with E-state index in [4.69, 9.17) is 4.98 Å². The third kappa shape index (κ3) is 5.10. The number of anilines is 2. The van der Waals surface area contributed by atoms with E-state index in [2.05, 4.69) is 52.1 Å². The number of nitrogens with one attached hydrogen (secondary N) is 1. The Kier molecular flexibility index (Phi) is 6.39. The normalized spacial score (nSPS) is 16.3. The minimum Gasteiger partial charge on any atom is -0.354 e. The maximum absolute atomic E-state index is 4.70. The monoisotopic (exact) mass is 306 g/mol. The van der Waals surface area contributed by atoms with E-state index < -0.39 is 0 Å². The van der Waals surface area contributed by atoms with Gasteiger partial charge in [-0.3, -0.25) is 0 Å². The van der Waals surface area contributed by atoms with Gasteiger partial charge in [-0.25, -0.2) is 4.98 Å². The lowest BCUT2D eigenvalue weighted by Gasteiger charge is -2.34. The summed E-state index contributed by atoms with van der Waals surface area (Å²) in [6.45, 7) is 11.7. The number of likely N-dealkylation sites (N-methyl/N-ethyl adjacent to an activating group) is 1. The average molecular weight is 306 g/mol. The maximum Gasteiger partial charge on any atom is 0.224 e. The van der Waals surface area contributed by atoms with Gasteiger partial charge in [-0.2, -0.15) is 4.98 Å². The molecule has 1 saturated heterocycles. The predicted octanol–water partition coefficient (Wildman–Crippen LogP) is 1.29. The van der Waals surface area contributed by atoms with Gasteiger partial charge >= 0.3 is 0 Å². The highest BCUT2D eigenvalue weighted by molar-refractivity contribution is 5.45. The van der Waals surface area contributed by atoms with E-state index >= 15 is 0 Å². The van der Waals surface area contributed by atoms with Gasteiger partial charge in [-0.15, -0.1) is 0 Å². The third-order valence-corrected chi connectivity index (χ3v) is 4.05. The molecule has 0 saturated carbocycles. The number of aromatic nitrogens is 2. The molecular weight excluding hydrogens is 276 g/mol. The molecule has 0 spiro atoms. The van der Waals surface area contributed by atoms with E-state index in [0.29, 0.717) is 0 Å². The molecular formula is C16H30N6. The van der Waals surface area contributed by atoms with Crippen LogP contribution in [0.2, 0.25) is 0 Å². The topological polar surface area (TPSA) is 47.5 Å². The number of piperazine rings is 1. The summed E-state index contributed by atoms with van der Waals surface area (Å²) in [6.07, 6.45) is 1.09. The van der Waals surface area contributed by atoms with Crippen LogP contribution in [0.15, 0.2) is 6.07 Å². The molecule has 0 aromatic carbocycles. The van der Waals surface area contributed by atoms with Crippen LogP contribution in [0.25, 0.3) is 0 Å². The second kappa shape index (κ2) is 8.29. The molecule has 1 fully saturated rings. The average Bonchev–Trinajstić information content (AvgIpc) is 2.51. The number of nitrogens with zero attached hydrogens (tertiary/aromatic N) is 5. The van der Waals surface area contributed by atoms with E-state index in [1.54, 1.807) is 0 Å². The van der Waals surface area contributed by atoms with Crippen molar-refractivity contribution in [2.45, 2.75) is 20.3 Å². The van der Waals surface area contributed by atoms with Crippen molar-refractivity contribution in [2.75, 3.05) is 70.1 Å². The Bertz CT molecular complexity index is 454. The van der Waals surface area contributed by atoms with Crippen LogP contribution in [0.4, 0.5) is 11.8 Å². The first kappa shape index (κ1) is 17.0. The number of hydrogen-bond donors (Lipinski definition) is 1. The zero-order chi connectivity index (χ0) is 15.9. The molecule has 1 aliphatic heterocycles. The quantitative estimate of drug-likeness (QED) is 0.766. The fourth-order valence-electron chi connectivity index (χ4n) is 2.68. The van der Waals surface area contributed by atoms with E-state index in [9.17, 15) is 0 Å². The van der Waals surface area contributed by atoms with Crippen LogP contribution in [0.1, 0.15) is 19.0 Å². The van der Waals surface area contributed by atoms with Crippen molar-refractivity contribution in [2.24, 2.45) is 0 Å². The van der Waals surface area contributed by atoms with E-state index in [0.717, 1.165) is 69.7 Å². The van der Waals surface area contributed by atoms with Crippen LogP contribution in [0.3, 0.4) is 0 Å². The first-order valence-corrected chi connectivity index (χ1v) is 8.30. The van der Waals surface area contributed by atoms with Gasteiger partial charge in [0.1, 0.15) is 5.82 Å². The van der Waals surface area contributed by atoms with Gasteiger partial charge in [0.05, 0.1) is 0 Å². The zero-order valence-corrected chi connectivity index (χ0v) is 14.5. The molecule has 0 radical (unpaired) electrons. The van der Waals surface area contributed by atoms with Gasteiger partial charge in [0.2, 0.25) is 5.95 Å². The fourth-order valence-corrected chi connectivity index (χ4v) is 2.68. The summed E-state index contributed by atoms with van der Waals surface area (Å²) in [6, 6.07) is 2.09. The fraction of sp³-hybridized carbons (Fsp3) is 0.750. The van der Waals surface area contributed by atoms with Crippen LogP contribution in [0, 0.1) is 6.92 Å². The Hall–Kier alpha value is -1.40. The first-order chi connectivity index (χ1) is 10.6. The number of hydrogen-bond acceptors (Lipinski definition) is 6. The van der Waals surface area contributed by atoms with Crippen LogP contribution in [-0.4, -0.2) is 79.7 Å². The van der Waals surface area contributed by atoms with Crippen molar-refractivity contribution < 1.29 is 0 Å². The second-order valence-electron chi connectivity index (χ2n) is 6.20. The van der Waals surface area contributed by atoms with Crippen molar-refractivity contribution in [1.29, 1.82) is 0 Å². The van der Waals surface area contributed by atoms with E-state index in [1.165, 1.54) is 0 Å². The molecule has 6 nitrogen and oxygen atoms in total. The van der Waals surface area contributed by atoms with E-state index in [-0.39, 0.29) is 0 Å². The molecule has 0 bridgehead atoms. The first-order valence-electron chi connectivity index (χ1n) is 8.30. The SMILES string of the molecule is CCN1CCN(c2cc(C)nc(NCCCN(C)C)n2)CC1. The molecule has 1 aromatic heterocycles. The Balaban J connectivity index is 1.92. The molecule has 124 valence electrons. The molecule has 2 heterocycles. The van der Waals surface area contributed by atoms with Gasteiger partial charge in [0.15, 0.2) is 0 Å². The van der Waals surface area contributed by atoms with Gasteiger partial charge in [-0.05, 0) is 40.5 Å². The Labute approximate surface area is 134 Å². The summed E-state index contributed by atoms with van der Waals surface area (Å²) >= 11 is 0. The van der Waals surface area contributed by atoms with Crippen molar-refractivity contribution in [3.05, 3.63) is 11.8 Å². The van der Waals surface area contributed by atoms with Crippen molar-refractivity contribution in [1.82, 2.24) is 19.8 Å². The zero-order valence-electron chi connectivity index (χ0n) is 14.5. The minimum atomic E-state index is 0.756. The third-order valence-electron chi connectivity index (χ3n) is 4.05. The van der Waals surface area contributed by atoms with Crippen LogP contribution < -0.4 is 10.2 Å². The Morgan fingerprint density at radius 1 is 1.18 bits per heavy atom. The highest BCUT2D eigenvalue weighted by atomic mass is 15.3. The minimum absolute atomic E-state index is 0.756. The molecule has 1 aromatic rings. The highest BCUT2D eigenvalue weighted by Gasteiger charge is 2.17. The van der Waals surface area contributed by atoms with Crippen LogP contribution in [-0.2, 0) is 0 Å². The molecule has 0 atom stereocenters. The summed E-state index contributed by atoms with van der Waals surface area (Å²) in [4.78, 5) is 16.2. The predicted molar refractivity (Wildman–Crippen MR) is 92.8 cm³/mol. The van der Waals surface area contributed by atoms with Crippen molar-refractivity contribution >= 4 is 11.8 Å². The highest BCUT2D eigenvalue weighted by Crippen LogP contribution is 2.16. The molecule has 22 heavy (non-hydrogen) atoms. The summed E-state index contributed by atoms with van der Waals surface area (Å²) < 4.78 is 0. The lowest BCUT2D eigenvalue weighted by atomic mass is 10.3. The van der Waals surface area contributed by atoms with Gasteiger partial charge in [-0.1, -0.05) is 6.92 Å². The molecule has 6 heteroatoms. The molecule has 2 rings (SSSR count). The van der Waals surface area contributed by atoms with Gasteiger partial charge in [0.25, 0.3) is 0 Å². The molecule has 1 aliphatic rings. The molecule has 0 unspecified atom stereocenters. The van der Waals surface area contributed by atoms with Crippen LogP contribution in [0.5, 0.6) is 0 Å². The van der Waals surface area contributed by atoms with Gasteiger partial charge < -0.3 is 20.0 Å². The number of rotatable bonds is 7. The molecule has 0 amide bonds. The number of aryl methyl sites for hydroxylation is 1.